The number of fused-ring (bicyclic) bond motifs is 1. The third-order valence-electron chi connectivity index (χ3n) is 3.41. The highest BCUT2D eigenvalue weighted by atomic mass is 79.9. The number of alkyl halides is 2. The molecule has 1 N–H and O–H groups in total. The van der Waals surface area contributed by atoms with Gasteiger partial charge in [-0.25, -0.2) is 0 Å². The molecule has 0 saturated carbocycles. The van der Waals surface area contributed by atoms with E-state index in [4.69, 9.17) is 9.47 Å². The summed E-state index contributed by atoms with van der Waals surface area (Å²) in [4.78, 5) is 12.1. The second-order valence-electron chi connectivity index (χ2n) is 5.24. The fraction of sp³-hybridized carbons (Fsp3) is 0.167. The summed E-state index contributed by atoms with van der Waals surface area (Å²) < 4.78 is 40.9. The van der Waals surface area contributed by atoms with E-state index in [0.29, 0.717) is 40.4 Å². The first-order chi connectivity index (χ1) is 12.5. The molecule has 0 radical (unpaired) electrons. The molecular formula is C18H14BrF2NO4. The molecule has 0 spiro atoms. The maximum absolute atomic E-state index is 12.5. The number of halogens is 3. The first-order valence-corrected chi connectivity index (χ1v) is 8.43. The Morgan fingerprint density at radius 1 is 1.15 bits per heavy atom. The standard InChI is InChI=1S/C18H14BrF2NO4/c19-12-2-4-14(26-18(20)21)11(9-12)1-6-17(23)22-13-3-5-15-16(10-13)25-8-7-24-15/h1-6,9-10,18H,7-8H2,(H,22,23)/b6-1+. The zero-order chi connectivity index (χ0) is 18.5. The van der Waals surface area contributed by atoms with Crippen LogP contribution in [0.3, 0.4) is 0 Å². The number of hydrogen-bond donors (Lipinski definition) is 1. The minimum atomic E-state index is -2.95. The van der Waals surface area contributed by atoms with Gasteiger partial charge in [-0.3, -0.25) is 4.79 Å². The number of carbonyl (C=O) groups excluding carboxylic acids is 1. The lowest BCUT2D eigenvalue weighted by atomic mass is 10.2. The molecule has 2 aromatic rings. The molecule has 0 aliphatic carbocycles. The zero-order valence-corrected chi connectivity index (χ0v) is 15.0. The summed E-state index contributed by atoms with van der Waals surface area (Å²) in [5.74, 6) is 0.724. The van der Waals surface area contributed by atoms with Crippen molar-refractivity contribution in [3.63, 3.8) is 0 Å². The number of benzene rings is 2. The van der Waals surface area contributed by atoms with Crippen LogP contribution < -0.4 is 19.5 Å². The van der Waals surface area contributed by atoms with Crippen LogP contribution in [0.2, 0.25) is 0 Å². The highest BCUT2D eigenvalue weighted by molar-refractivity contribution is 9.10. The van der Waals surface area contributed by atoms with Gasteiger partial charge in [0, 0.05) is 27.9 Å². The smallest absolute Gasteiger partial charge is 0.387 e. The van der Waals surface area contributed by atoms with E-state index in [-0.39, 0.29) is 5.75 Å². The molecule has 0 fully saturated rings. The molecule has 1 heterocycles. The van der Waals surface area contributed by atoms with Crippen LogP contribution in [-0.4, -0.2) is 25.7 Å². The molecule has 1 amide bonds. The fourth-order valence-electron chi connectivity index (χ4n) is 2.32. The summed E-state index contributed by atoms with van der Waals surface area (Å²) >= 11 is 3.26. The van der Waals surface area contributed by atoms with Gasteiger partial charge in [0.1, 0.15) is 19.0 Å². The predicted molar refractivity (Wildman–Crippen MR) is 95.9 cm³/mol. The summed E-state index contributed by atoms with van der Waals surface area (Å²) in [5, 5.41) is 2.68. The van der Waals surface area contributed by atoms with E-state index in [0.717, 1.165) is 0 Å². The van der Waals surface area contributed by atoms with Gasteiger partial charge in [0.15, 0.2) is 11.5 Å². The third kappa shape index (κ3) is 4.72. The van der Waals surface area contributed by atoms with E-state index in [2.05, 4.69) is 26.0 Å². The van der Waals surface area contributed by atoms with Gasteiger partial charge in [-0.15, -0.1) is 0 Å². The number of amides is 1. The molecule has 3 rings (SSSR count). The molecule has 1 aliphatic heterocycles. The lowest BCUT2D eigenvalue weighted by Gasteiger charge is -2.18. The number of nitrogens with one attached hydrogen (secondary N) is 1. The normalized spacial score (nSPS) is 13.1. The summed E-state index contributed by atoms with van der Waals surface area (Å²) in [6.45, 7) is -2.02. The minimum Gasteiger partial charge on any atom is -0.486 e. The lowest BCUT2D eigenvalue weighted by molar-refractivity contribution is -0.111. The molecule has 0 unspecified atom stereocenters. The first kappa shape index (κ1) is 18.2. The highest BCUT2D eigenvalue weighted by Gasteiger charge is 2.12. The van der Waals surface area contributed by atoms with Gasteiger partial charge in [0.05, 0.1) is 0 Å². The summed E-state index contributed by atoms with van der Waals surface area (Å²) in [7, 11) is 0. The molecular weight excluding hydrogens is 412 g/mol. The van der Waals surface area contributed by atoms with Crippen molar-refractivity contribution in [3.8, 4) is 17.2 Å². The molecule has 0 atom stereocenters. The largest absolute Gasteiger partial charge is 0.486 e. The number of ether oxygens (including phenoxy) is 3. The van der Waals surface area contributed by atoms with E-state index in [1.807, 2.05) is 0 Å². The van der Waals surface area contributed by atoms with E-state index in [1.54, 1.807) is 30.3 Å². The Hall–Kier alpha value is -2.61. The van der Waals surface area contributed by atoms with Crippen molar-refractivity contribution >= 4 is 33.6 Å². The Kier molecular flexibility index (Phi) is 5.72. The molecule has 0 bridgehead atoms. The summed E-state index contributed by atoms with van der Waals surface area (Å²) in [6, 6.07) is 9.59. The van der Waals surface area contributed by atoms with Crippen LogP contribution in [-0.2, 0) is 4.79 Å². The Bertz CT molecular complexity index is 842. The Morgan fingerprint density at radius 3 is 2.69 bits per heavy atom. The van der Waals surface area contributed by atoms with Gasteiger partial charge >= 0.3 is 6.61 Å². The van der Waals surface area contributed by atoms with Crippen LogP contribution in [0, 0.1) is 0 Å². The lowest BCUT2D eigenvalue weighted by Crippen LogP contribution is -2.16. The maximum Gasteiger partial charge on any atom is 0.387 e. The van der Waals surface area contributed by atoms with Gasteiger partial charge < -0.3 is 19.5 Å². The monoisotopic (exact) mass is 425 g/mol. The third-order valence-corrected chi connectivity index (χ3v) is 3.91. The van der Waals surface area contributed by atoms with Crippen LogP contribution in [0.25, 0.3) is 6.08 Å². The van der Waals surface area contributed by atoms with E-state index in [9.17, 15) is 13.6 Å². The maximum atomic E-state index is 12.5. The van der Waals surface area contributed by atoms with Crippen LogP contribution in [0.5, 0.6) is 17.2 Å². The average molecular weight is 426 g/mol. The SMILES string of the molecule is O=C(/C=C/c1cc(Br)ccc1OC(F)F)Nc1ccc2c(c1)OCCO2. The second kappa shape index (κ2) is 8.18. The second-order valence-corrected chi connectivity index (χ2v) is 6.16. The van der Waals surface area contributed by atoms with Crippen molar-refractivity contribution in [2.24, 2.45) is 0 Å². The van der Waals surface area contributed by atoms with Crippen LogP contribution in [0.1, 0.15) is 5.56 Å². The average Bonchev–Trinajstić information content (AvgIpc) is 2.61. The van der Waals surface area contributed by atoms with Crippen molar-refractivity contribution in [1.82, 2.24) is 0 Å². The van der Waals surface area contributed by atoms with E-state index >= 15 is 0 Å². The Morgan fingerprint density at radius 2 is 1.92 bits per heavy atom. The van der Waals surface area contributed by atoms with Crippen molar-refractivity contribution in [2.45, 2.75) is 6.61 Å². The predicted octanol–water partition coefficient (Wildman–Crippen LogP) is 4.47. The quantitative estimate of drug-likeness (QED) is 0.717. The first-order valence-electron chi connectivity index (χ1n) is 7.64. The van der Waals surface area contributed by atoms with E-state index < -0.39 is 12.5 Å². The minimum absolute atomic E-state index is 0.0217. The summed E-state index contributed by atoms with van der Waals surface area (Å²) in [6.07, 6.45) is 2.63. The molecule has 1 aliphatic rings. The van der Waals surface area contributed by atoms with Crippen LogP contribution in [0.4, 0.5) is 14.5 Å². The Balaban J connectivity index is 1.71. The van der Waals surface area contributed by atoms with Gasteiger partial charge in [-0.1, -0.05) is 15.9 Å². The number of rotatable bonds is 5. The fourth-order valence-corrected chi connectivity index (χ4v) is 2.70. The van der Waals surface area contributed by atoms with Gasteiger partial charge in [-0.2, -0.15) is 8.78 Å². The van der Waals surface area contributed by atoms with Crippen LogP contribution >= 0.6 is 15.9 Å². The molecule has 26 heavy (non-hydrogen) atoms. The number of anilines is 1. The van der Waals surface area contributed by atoms with Crippen molar-refractivity contribution in [3.05, 3.63) is 52.5 Å². The van der Waals surface area contributed by atoms with Crippen molar-refractivity contribution < 1.29 is 27.8 Å². The summed E-state index contributed by atoms with van der Waals surface area (Å²) in [5.41, 5.74) is 0.874. The topological polar surface area (TPSA) is 56.8 Å². The highest BCUT2D eigenvalue weighted by Crippen LogP contribution is 2.32. The number of hydrogen-bond acceptors (Lipinski definition) is 4. The number of carbonyl (C=O) groups is 1. The van der Waals surface area contributed by atoms with Crippen molar-refractivity contribution in [1.29, 1.82) is 0 Å². The molecule has 5 nitrogen and oxygen atoms in total. The van der Waals surface area contributed by atoms with Gasteiger partial charge in [0.25, 0.3) is 0 Å². The van der Waals surface area contributed by atoms with E-state index in [1.165, 1.54) is 18.2 Å². The molecule has 0 saturated heterocycles. The van der Waals surface area contributed by atoms with Crippen LogP contribution in [0.15, 0.2) is 46.9 Å². The molecule has 136 valence electrons. The zero-order valence-electron chi connectivity index (χ0n) is 13.4. The van der Waals surface area contributed by atoms with Gasteiger partial charge in [0.2, 0.25) is 5.91 Å². The molecule has 0 aromatic heterocycles. The van der Waals surface area contributed by atoms with Crippen molar-refractivity contribution in [2.75, 3.05) is 18.5 Å². The molecule has 2 aromatic carbocycles. The molecule has 8 heteroatoms. The van der Waals surface area contributed by atoms with Gasteiger partial charge in [-0.05, 0) is 36.4 Å². The Labute approximate surface area is 156 Å².